The van der Waals surface area contributed by atoms with Crippen LogP contribution in [0.5, 0.6) is 0 Å². The molecule has 2 heterocycles. The summed E-state index contributed by atoms with van der Waals surface area (Å²) in [5, 5.41) is 11.7. The molecule has 7 nitrogen and oxygen atoms in total. The van der Waals surface area contributed by atoms with E-state index in [4.69, 9.17) is 9.47 Å². The average molecular weight is 635 g/mol. The Morgan fingerprint density at radius 2 is 1.83 bits per heavy atom. The quantitative estimate of drug-likeness (QED) is 0.171. The summed E-state index contributed by atoms with van der Waals surface area (Å²) < 4.78 is 14.7. The van der Waals surface area contributed by atoms with Gasteiger partial charge in [0.05, 0.1) is 36.6 Å². The first-order valence-electron chi connectivity index (χ1n) is 18.0. The maximum atomic E-state index is 14.3. The van der Waals surface area contributed by atoms with Gasteiger partial charge in [-0.05, 0) is 119 Å². The smallest absolute Gasteiger partial charge is 0.312 e. The van der Waals surface area contributed by atoms with Crippen LogP contribution in [-0.4, -0.2) is 45.4 Å². The van der Waals surface area contributed by atoms with Crippen molar-refractivity contribution in [1.82, 2.24) is 9.55 Å². The lowest BCUT2D eigenvalue weighted by molar-refractivity contribution is -0.260. The number of hydrogen-bond donors (Lipinski definition) is 1. The number of esters is 2. The molecule has 1 aromatic rings. The zero-order chi connectivity index (χ0) is 33.2. The lowest BCUT2D eigenvalue weighted by Crippen LogP contribution is -2.69. The molecule has 0 unspecified atom stereocenters. The Labute approximate surface area is 276 Å². The third kappa shape index (κ3) is 4.96. The number of carbonyl (C=O) groups is 2. The van der Waals surface area contributed by atoms with Crippen LogP contribution in [0.25, 0.3) is 0 Å². The summed E-state index contributed by atoms with van der Waals surface area (Å²) in [6.07, 6.45) is 12.0. The lowest BCUT2D eigenvalue weighted by Gasteiger charge is -2.71. The Balaban J connectivity index is 1.27. The van der Waals surface area contributed by atoms with Crippen molar-refractivity contribution in [3.05, 3.63) is 42.5 Å². The third-order valence-electron chi connectivity index (χ3n) is 14.6. The van der Waals surface area contributed by atoms with Crippen LogP contribution >= 0.6 is 0 Å². The van der Waals surface area contributed by atoms with E-state index in [9.17, 15) is 14.7 Å². The molecule has 0 aromatic carbocycles. The van der Waals surface area contributed by atoms with E-state index in [0.29, 0.717) is 6.61 Å². The number of aliphatic hydroxyl groups excluding tert-OH is 1. The van der Waals surface area contributed by atoms with Gasteiger partial charge in [0.25, 0.3) is 0 Å². The largest absolute Gasteiger partial charge is 0.465 e. The standard InChI is InChI=1S/C39H58N2O5/c1-24(2)27-12-15-39(35(44)45-19-11-9-10-18-41-22-26(5)40-23-41)17-16-36(6)29(33(27)39)20-30-34-37(36,7)14-13-28(25(3)4)38(34,8)31(42)21-32(43)46-30/h22-23,27-31,33-34,42H,1,3,9-21H2,2,4-8H3/t27-,28-,29+,30+,31+,33+,34-,36+,37+,38+,39-/m0/s1. The molecule has 0 amide bonds. The SMILES string of the molecule is C=C(C)[C@@H]1CC[C@]2(C(=O)OCCCCCn3cnc(C)c3)CC[C@]3(C)[C@H](C[C@H]4OC(=O)C[C@@H](O)[C@]5(C)[C@@H]4[C@@]3(C)CC[C@H]5C(=C)C)[C@@H]12. The van der Waals surface area contributed by atoms with Crippen molar-refractivity contribution in [2.24, 2.45) is 51.2 Å². The van der Waals surface area contributed by atoms with Crippen LogP contribution in [0.2, 0.25) is 0 Å². The summed E-state index contributed by atoms with van der Waals surface area (Å²) in [6, 6.07) is 0. The maximum absolute atomic E-state index is 14.3. The fraction of sp³-hybridized carbons (Fsp3) is 0.769. The van der Waals surface area contributed by atoms with Gasteiger partial charge in [0, 0.05) is 24.1 Å². The van der Waals surface area contributed by atoms with Crippen molar-refractivity contribution >= 4 is 11.9 Å². The highest BCUT2D eigenvalue weighted by molar-refractivity contribution is 5.78. The van der Waals surface area contributed by atoms with Crippen LogP contribution < -0.4 is 0 Å². The van der Waals surface area contributed by atoms with Gasteiger partial charge in [0.2, 0.25) is 0 Å². The van der Waals surface area contributed by atoms with Gasteiger partial charge in [-0.2, -0.15) is 0 Å². The second kappa shape index (κ2) is 11.9. The van der Waals surface area contributed by atoms with Crippen LogP contribution in [0.15, 0.2) is 36.8 Å². The molecule has 11 atom stereocenters. The second-order valence-electron chi connectivity index (χ2n) is 16.8. The number of imidazole rings is 1. The van der Waals surface area contributed by atoms with E-state index >= 15 is 0 Å². The summed E-state index contributed by atoms with van der Waals surface area (Å²) >= 11 is 0. The van der Waals surface area contributed by atoms with Crippen LogP contribution in [0.1, 0.15) is 111 Å². The van der Waals surface area contributed by atoms with Crippen molar-refractivity contribution < 1.29 is 24.2 Å². The van der Waals surface area contributed by atoms with E-state index in [0.717, 1.165) is 87.6 Å². The molecule has 0 bridgehead atoms. The molecular formula is C39H58N2O5. The molecule has 5 aliphatic rings. The molecule has 5 fully saturated rings. The zero-order valence-corrected chi connectivity index (χ0v) is 29.3. The van der Waals surface area contributed by atoms with Gasteiger partial charge in [0.15, 0.2) is 0 Å². The van der Waals surface area contributed by atoms with Crippen LogP contribution in [0, 0.1) is 58.2 Å². The Kier molecular flexibility index (Phi) is 8.68. The number of fused-ring (bicyclic) bond motifs is 4. The average Bonchev–Trinajstić information content (AvgIpc) is 3.57. The number of aromatic nitrogens is 2. The maximum Gasteiger partial charge on any atom is 0.312 e. The molecule has 1 saturated heterocycles. The van der Waals surface area contributed by atoms with Gasteiger partial charge in [-0.1, -0.05) is 45.1 Å². The summed E-state index contributed by atoms with van der Waals surface area (Å²) in [5.74, 6) is 0.368. The molecule has 6 rings (SSSR count). The van der Waals surface area contributed by atoms with Crippen molar-refractivity contribution in [3.8, 4) is 0 Å². The predicted octanol–water partition coefficient (Wildman–Crippen LogP) is 7.61. The monoisotopic (exact) mass is 634 g/mol. The van der Waals surface area contributed by atoms with Gasteiger partial charge >= 0.3 is 11.9 Å². The number of allylic oxidation sites excluding steroid dienone is 2. The van der Waals surface area contributed by atoms with E-state index in [2.05, 4.69) is 63.5 Å². The number of unbranched alkanes of at least 4 members (excludes halogenated alkanes) is 2. The minimum absolute atomic E-state index is 0.0218. The van der Waals surface area contributed by atoms with Gasteiger partial charge in [-0.25, -0.2) is 4.98 Å². The van der Waals surface area contributed by atoms with Crippen molar-refractivity contribution in [3.63, 3.8) is 0 Å². The van der Waals surface area contributed by atoms with Crippen molar-refractivity contribution in [2.45, 2.75) is 131 Å². The fourth-order valence-electron chi connectivity index (χ4n) is 12.2. The van der Waals surface area contributed by atoms with Crippen molar-refractivity contribution in [1.29, 1.82) is 0 Å². The predicted molar refractivity (Wildman–Crippen MR) is 178 cm³/mol. The van der Waals surface area contributed by atoms with Crippen molar-refractivity contribution in [2.75, 3.05) is 6.61 Å². The number of ether oxygens (including phenoxy) is 2. The molecule has 1 aromatic heterocycles. The number of rotatable bonds is 9. The first kappa shape index (κ1) is 33.5. The highest BCUT2D eigenvalue weighted by atomic mass is 16.5. The first-order chi connectivity index (χ1) is 21.7. The number of nitrogens with zero attached hydrogens (tertiary/aromatic N) is 2. The van der Waals surface area contributed by atoms with Crippen LogP contribution in [0.3, 0.4) is 0 Å². The van der Waals surface area contributed by atoms with Gasteiger partial charge in [-0.15, -0.1) is 0 Å². The zero-order valence-electron chi connectivity index (χ0n) is 29.3. The van der Waals surface area contributed by atoms with Crippen LogP contribution in [0.4, 0.5) is 0 Å². The molecule has 7 heteroatoms. The summed E-state index contributed by atoms with van der Waals surface area (Å²) in [5.41, 5.74) is 1.99. The Hall–Kier alpha value is -2.41. The fourth-order valence-corrected chi connectivity index (χ4v) is 12.2. The van der Waals surface area contributed by atoms with Gasteiger partial charge < -0.3 is 19.1 Å². The second-order valence-corrected chi connectivity index (χ2v) is 16.8. The minimum Gasteiger partial charge on any atom is -0.465 e. The highest BCUT2D eigenvalue weighted by Gasteiger charge is 2.74. The van der Waals surface area contributed by atoms with Gasteiger partial charge in [0.1, 0.15) is 6.10 Å². The Bertz CT molecular complexity index is 1380. The Morgan fingerprint density at radius 3 is 2.50 bits per heavy atom. The lowest BCUT2D eigenvalue weighted by atomic mass is 9.33. The third-order valence-corrected chi connectivity index (χ3v) is 14.6. The Morgan fingerprint density at radius 1 is 1.07 bits per heavy atom. The van der Waals surface area contributed by atoms with E-state index in [-0.39, 0.29) is 64.9 Å². The molecular weight excluding hydrogens is 576 g/mol. The van der Waals surface area contributed by atoms with Gasteiger partial charge in [-0.3, -0.25) is 9.59 Å². The number of aliphatic hydroxyl groups is 1. The topological polar surface area (TPSA) is 90.7 Å². The minimum atomic E-state index is -0.771. The van der Waals surface area contributed by atoms with E-state index in [1.54, 1.807) is 0 Å². The molecule has 46 heavy (non-hydrogen) atoms. The molecule has 254 valence electrons. The van der Waals surface area contributed by atoms with E-state index in [1.165, 1.54) is 0 Å². The summed E-state index contributed by atoms with van der Waals surface area (Å²) in [7, 11) is 0. The molecule has 0 spiro atoms. The summed E-state index contributed by atoms with van der Waals surface area (Å²) in [6.45, 7) is 23.5. The molecule has 1 N–H and O–H groups in total. The number of aryl methyl sites for hydroxylation is 2. The molecule has 4 aliphatic carbocycles. The molecule has 4 saturated carbocycles. The normalized spacial score (nSPS) is 43.0. The number of hydrogen-bond acceptors (Lipinski definition) is 6. The molecule has 1 aliphatic heterocycles. The highest BCUT2D eigenvalue weighted by Crippen LogP contribution is 2.77. The molecule has 0 radical (unpaired) electrons. The number of carbonyl (C=O) groups excluding carboxylic acids is 2. The summed E-state index contributed by atoms with van der Waals surface area (Å²) in [4.78, 5) is 31.9. The first-order valence-corrected chi connectivity index (χ1v) is 18.0. The van der Waals surface area contributed by atoms with E-state index < -0.39 is 16.9 Å². The van der Waals surface area contributed by atoms with Crippen LogP contribution in [-0.2, 0) is 25.6 Å². The van der Waals surface area contributed by atoms with E-state index in [1.807, 2.05) is 13.3 Å².